The predicted octanol–water partition coefficient (Wildman–Crippen LogP) is 3.88. The molecule has 1 aromatic carbocycles. The maximum Gasteiger partial charge on any atom is 0.446 e. The van der Waals surface area contributed by atoms with Gasteiger partial charge in [0.15, 0.2) is 0 Å². The van der Waals surface area contributed by atoms with Gasteiger partial charge in [0, 0.05) is 43.3 Å². The molecule has 1 N–H and O–H groups in total. The van der Waals surface area contributed by atoms with Crippen molar-refractivity contribution in [2.75, 3.05) is 13.1 Å². The summed E-state index contributed by atoms with van der Waals surface area (Å²) in [5, 5.41) is 3.30. The summed E-state index contributed by atoms with van der Waals surface area (Å²) in [5.41, 5.74) is -2.90. The number of carbonyl (C=O) groups excluding carboxylic acids is 1. The van der Waals surface area contributed by atoms with E-state index in [0.717, 1.165) is 31.4 Å². The zero-order valence-corrected chi connectivity index (χ0v) is 18.6. The van der Waals surface area contributed by atoms with Gasteiger partial charge in [-0.1, -0.05) is 12.1 Å². The van der Waals surface area contributed by atoms with Gasteiger partial charge in [0.1, 0.15) is 0 Å². The molecule has 1 saturated carbocycles. The average Bonchev–Trinajstić information content (AvgIpc) is 3.58. The van der Waals surface area contributed by atoms with Gasteiger partial charge < -0.3 is 14.8 Å². The summed E-state index contributed by atoms with van der Waals surface area (Å²) < 4.78 is 39.8. The van der Waals surface area contributed by atoms with Crippen LogP contribution in [0, 0.1) is 5.92 Å². The second-order valence-electron chi connectivity index (χ2n) is 8.51. The molecule has 1 aromatic heterocycles. The first kappa shape index (κ1) is 22.9. The molecule has 0 unspecified atom stereocenters. The molecular formula is C23H26F3N3O2S. The minimum atomic E-state index is -4.35. The Morgan fingerprint density at radius 1 is 1.22 bits per heavy atom. The minimum Gasteiger partial charge on any atom is -0.335 e. The second-order valence-corrected chi connectivity index (χ2v) is 9.65. The van der Waals surface area contributed by atoms with Gasteiger partial charge in [-0.3, -0.25) is 9.59 Å². The van der Waals surface area contributed by atoms with Gasteiger partial charge in [0.2, 0.25) is 5.91 Å². The van der Waals surface area contributed by atoms with Crippen molar-refractivity contribution in [1.29, 1.82) is 0 Å². The maximum atomic E-state index is 13.7. The zero-order valence-electron chi connectivity index (χ0n) is 17.8. The Morgan fingerprint density at radius 3 is 2.69 bits per heavy atom. The number of benzene rings is 1. The molecule has 0 bridgehead atoms. The van der Waals surface area contributed by atoms with Gasteiger partial charge in [0.05, 0.1) is 5.92 Å². The number of rotatable bonds is 6. The lowest BCUT2D eigenvalue weighted by Gasteiger charge is -2.35. The Kier molecular flexibility index (Phi) is 6.67. The van der Waals surface area contributed by atoms with E-state index in [4.69, 9.17) is 0 Å². The van der Waals surface area contributed by atoms with Crippen LogP contribution >= 0.6 is 11.8 Å². The molecule has 5 nitrogen and oxygen atoms in total. The number of alkyl halides is 3. The smallest absolute Gasteiger partial charge is 0.335 e. The van der Waals surface area contributed by atoms with E-state index in [0.29, 0.717) is 12.1 Å². The molecule has 2 aromatic rings. The third-order valence-electron chi connectivity index (χ3n) is 6.11. The second kappa shape index (κ2) is 9.31. The normalized spacial score (nSPS) is 21.4. The van der Waals surface area contributed by atoms with Crippen LogP contribution < -0.4 is 10.9 Å². The third-order valence-corrected chi connectivity index (χ3v) is 6.83. The van der Waals surface area contributed by atoms with Gasteiger partial charge >= 0.3 is 5.51 Å². The summed E-state index contributed by atoms with van der Waals surface area (Å²) in [5.74, 6) is -0.380. The number of aromatic nitrogens is 1. The van der Waals surface area contributed by atoms with E-state index in [9.17, 15) is 22.8 Å². The minimum absolute atomic E-state index is 0.000690. The first-order chi connectivity index (χ1) is 15.2. The molecular weight excluding hydrogens is 439 g/mol. The lowest BCUT2D eigenvalue weighted by atomic mass is 9.80. The number of halogens is 3. The molecule has 172 valence electrons. The molecule has 4 rings (SSSR count). The van der Waals surface area contributed by atoms with Crippen molar-refractivity contribution in [2.24, 2.45) is 13.0 Å². The Hall–Kier alpha value is -2.26. The van der Waals surface area contributed by atoms with E-state index in [2.05, 4.69) is 5.32 Å². The predicted molar refractivity (Wildman–Crippen MR) is 117 cm³/mol. The van der Waals surface area contributed by atoms with E-state index in [1.54, 1.807) is 31.4 Å². The van der Waals surface area contributed by atoms with Crippen molar-refractivity contribution in [3.8, 4) is 0 Å². The molecule has 2 heterocycles. The fourth-order valence-corrected chi connectivity index (χ4v) is 4.96. The van der Waals surface area contributed by atoms with E-state index < -0.39 is 5.51 Å². The standard InChI is InChI=1S/C23H26F3N3O2S/c1-28-10-8-16(12-21(28)30)19-7-9-27-13-20(19)22(31)29(17-5-6-17)14-15-3-2-4-18(11-15)32-23(24,25)26/h2-4,8,10-12,17,19-20,27H,5-7,9,13-14H2,1H3/t19-,20+/m0/s1. The molecule has 32 heavy (non-hydrogen) atoms. The molecule has 1 aliphatic carbocycles. The molecule has 0 spiro atoms. The van der Waals surface area contributed by atoms with Crippen LogP contribution in [0.3, 0.4) is 0 Å². The summed E-state index contributed by atoms with van der Waals surface area (Å²) in [4.78, 5) is 27.7. The van der Waals surface area contributed by atoms with Crippen molar-refractivity contribution < 1.29 is 18.0 Å². The zero-order chi connectivity index (χ0) is 22.9. The lowest BCUT2D eigenvalue weighted by molar-refractivity contribution is -0.138. The first-order valence-corrected chi connectivity index (χ1v) is 11.6. The molecule has 1 aliphatic heterocycles. The number of thioether (sulfide) groups is 1. The van der Waals surface area contributed by atoms with E-state index in [-0.39, 0.29) is 52.5 Å². The summed E-state index contributed by atoms with van der Waals surface area (Å²) in [6, 6.07) is 9.93. The highest BCUT2D eigenvalue weighted by Crippen LogP contribution is 2.38. The van der Waals surface area contributed by atoms with Gasteiger partial charge in [-0.05, 0) is 72.8 Å². The molecule has 2 aliphatic rings. The number of hydrogen-bond acceptors (Lipinski definition) is 4. The number of amides is 1. The lowest BCUT2D eigenvalue weighted by Crippen LogP contribution is -2.47. The van der Waals surface area contributed by atoms with E-state index in [1.165, 1.54) is 16.7 Å². The van der Waals surface area contributed by atoms with Crippen molar-refractivity contribution in [3.05, 3.63) is 64.1 Å². The quantitative estimate of drug-likeness (QED) is 0.658. The largest absolute Gasteiger partial charge is 0.446 e. The van der Waals surface area contributed by atoms with Gasteiger partial charge in [-0.2, -0.15) is 13.2 Å². The Morgan fingerprint density at radius 2 is 2.00 bits per heavy atom. The monoisotopic (exact) mass is 465 g/mol. The highest BCUT2D eigenvalue weighted by molar-refractivity contribution is 8.00. The Bertz CT molecular complexity index is 1040. The van der Waals surface area contributed by atoms with Crippen LogP contribution in [-0.4, -0.2) is 40.0 Å². The van der Waals surface area contributed by atoms with Crippen LogP contribution in [-0.2, 0) is 18.4 Å². The number of pyridine rings is 1. The Labute approximate surface area is 189 Å². The van der Waals surface area contributed by atoms with Crippen LogP contribution in [0.15, 0.2) is 52.3 Å². The van der Waals surface area contributed by atoms with Crippen molar-refractivity contribution in [1.82, 2.24) is 14.8 Å². The molecule has 2 fully saturated rings. The van der Waals surface area contributed by atoms with Gasteiger partial charge in [-0.15, -0.1) is 0 Å². The van der Waals surface area contributed by atoms with Gasteiger partial charge in [0.25, 0.3) is 5.56 Å². The van der Waals surface area contributed by atoms with Crippen molar-refractivity contribution in [2.45, 2.75) is 48.2 Å². The van der Waals surface area contributed by atoms with Crippen LogP contribution in [0.5, 0.6) is 0 Å². The number of nitrogens with zero attached hydrogens (tertiary/aromatic N) is 2. The highest BCUT2D eigenvalue weighted by atomic mass is 32.2. The topological polar surface area (TPSA) is 54.3 Å². The summed E-state index contributed by atoms with van der Waals surface area (Å²) in [6.07, 6.45) is 4.28. The third kappa shape index (κ3) is 5.56. The molecule has 0 radical (unpaired) electrons. The van der Waals surface area contributed by atoms with Crippen LogP contribution in [0.25, 0.3) is 0 Å². The fourth-order valence-electron chi connectivity index (χ4n) is 4.34. The summed E-state index contributed by atoms with van der Waals surface area (Å²) in [7, 11) is 1.69. The van der Waals surface area contributed by atoms with E-state index in [1.807, 2.05) is 11.0 Å². The first-order valence-electron chi connectivity index (χ1n) is 10.7. The Balaban J connectivity index is 1.55. The molecule has 2 atom stereocenters. The van der Waals surface area contributed by atoms with Crippen molar-refractivity contribution >= 4 is 17.7 Å². The molecule has 1 amide bonds. The number of carbonyl (C=O) groups is 1. The summed E-state index contributed by atoms with van der Waals surface area (Å²) in [6.45, 7) is 1.57. The number of hydrogen-bond donors (Lipinski definition) is 1. The summed E-state index contributed by atoms with van der Waals surface area (Å²) >= 11 is -0.142. The van der Waals surface area contributed by atoms with E-state index >= 15 is 0 Å². The average molecular weight is 466 g/mol. The molecule has 9 heteroatoms. The maximum absolute atomic E-state index is 13.7. The number of nitrogens with one attached hydrogen (secondary N) is 1. The fraction of sp³-hybridized carbons (Fsp3) is 0.478. The SMILES string of the molecule is Cn1ccc([C@@H]2CCNC[C@H]2C(=O)N(Cc2cccc(SC(F)(F)F)c2)C2CC2)cc1=O. The highest BCUT2D eigenvalue weighted by Gasteiger charge is 2.40. The number of aryl methyl sites for hydroxylation is 1. The van der Waals surface area contributed by atoms with Crippen LogP contribution in [0.2, 0.25) is 0 Å². The van der Waals surface area contributed by atoms with Crippen LogP contribution in [0.4, 0.5) is 13.2 Å². The number of piperidine rings is 1. The molecule has 1 saturated heterocycles. The van der Waals surface area contributed by atoms with Crippen molar-refractivity contribution in [3.63, 3.8) is 0 Å². The van der Waals surface area contributed by atoms with Crippen LogP contribution in [0.1, 0.15) is 36.3 Å². The van der Waals surface area contributed by atoms with Gasteiger partial charge in [-0.25, -0.2) is 0 Å².